The second-order valence-electron chi connectivity index (χ2n) is 2.78. The van der Waals surface area contributed by atoms with Crippen molar-refractivity contribution in [2.75, 3.05) is 5.32 Å². The van der Waals surface area contributed by atoms with Crippen molar-refractivity contribution in [1.82, 2.24) is 0 Å². The number of ketones is 1. The molecule has 0 fully saturated rings. The van der Waals surface area contributed by atoms with E-state index in [2.05, 4.69) is 10.5 Å². The molecule has 0 bridgehead atoms. The van der Waals surface area contributed by atoms with Crippen molar-refractivity contribution >= 4 is 23.1 Å². The zero-order chi connectivity index (χ0) is 10.1. The highest BCUT2D eigenvalue weighted by molar-refractivity contribution is 6.72. The SMILES string of the molecule is O=C1Nc2ccccc2/C(=N/O)C1=O. The molecule has 0 aromatic heterocycles. The van der Waals surface area contributed by atoms with Gasteiger partial charge in [-0.15, -0.1) is 0 Å². The van der Waals surface area contributed by atoms with Crippen LogP contribution in [0.3, 0.4) is 0 Å². The Labute approximate surface area is 79.0 Å². The molecule has 14 heavy (non-hydrogen) atoms. The summed E-state index contributed by atoms with van der Waals surface area (Å²) in [4.78, 5) is 22.3. The molecular weight excluding hydrogens is 184 g/mol. The Morgan fingerprint density at radius 1 is 1.21 bits per heavy atom. The first-order valence-electron chi connectivity index (χ1n) is 3.91. The van der Waals surface area contributed by atoms with Crippen LogP contribution in [0.4, 0.5) is 5.69 Å². The van der Waals surface area contributed by atoms with Gasteiger partial charge in [0.2, 0.25) is 0 Å². The number of rotatable bonds is 0. The summed E-state index contributed by atoms with van der Waals surface area (Å²) < 4.78 is 0. The first-order valence-corrected chi connectivity index (χ1v) is 3.91. The Morgan fingerprint density at radius 3 is 2.64 bits per heavy atom. The third-order valence-electron chi connectivity index (χ3n) is 1.95. The standard InChI is InChI=1S/C9H6N2O3/c12-8-7(11-14)5-3-1-2-4-6(5)10-9(8)13/h1-4,14H,(H,10,13)/b11-7-. The van der Waals surface area contributed by atoms with Crippen molar-refractivity contribution in [3.8, 4) is 0 Å². The van der Waals surface area contributed by atoms with E-state index in [0.717, 1.165) is 0 Å². The first-order chi connectivity index (χ1) is 6.74. The number of carbonyl (C=O) groups is 2. The van der Waals surface area contributed by atoms with E-state index in [1.54, 1.807) is 24.3 Å². The van der Waals surface area contributed by atoms with Crippen molar-refractivity contribution in [1.29, 1.82) is 0 Å². The molecule has 1 aromatic rings. The zero-order valence-corrected chi connectivity index (χ0v) is 7.02. The quantitative estimate of drug-likeness (QED) is 0.352. The second kappa shape index (κ2) is 2.95. The Hall–Kier alpha value is -2.17. The lowest BCUT2D eigenvalue weighted by Crippen LogP contribution is -2.35. The van der Waals surface area contributed by atoms with Crippen LogP contribution in [0.15, 0.2) is 29.4 Å². The number of benzene rings is 1. The summed E-state index contributed by atoms with van der Waals surface area (Å²) in [6, 6.07) is 6.63. The molecule has 1 aliphatic rings. The lowest BCUT2D eigenvalue weighted by molar-refractivity contribution is -0.131. The van der Waals surface area contributed by atoms with Crippen LogP contribution in [0.5, 0.6) is 0 Å². The fourth-order valence-corrected chi connectivity index (χ4v) is 1.31. The number of amides is 1. The van der Waals surface area contributed by atoms with Gasteiger partial charge in [0.1, 0.15) is 0 Å². The van der Waals surface area contributed by atoms with Crippen molar-refractivity contribution in [2.24, 2.45) is 5.16 Å². The fraction of sp³-hybridized carbons (Fsp3) is 0. The zero-order valence-electron chi connectivity index (χ0n) is 7.02. The average molecular weight is 190 g/mol. The number of hydrogen-bond donors (Lipinski definition) is 2. The van der Waals surface area contributed by atoms with Crippen molar-refractivity contribution < 1.29 is 14.8 Å². The van der Waals surface area contributed by atoms with Crippen LogP contribution >= 0.6 is 0 Å². The fourth-order valence-electron chi connectivity index (χ4n) is 1.31. The van der Waals surface area contributed by atoms with Gasteiger partial charge >= 0.3 is 0 Å². The van der Waals surface area contributed by atoms with Crippen LogP contribution < -0.4 is 5.32 Å². The van der Waals surface area contributed by atoms with E-state index in [1.807, 2.05) is 0 Å². The summed E-state index contributed by atoms with van der Waals surface area (Å²) in [6.07, 6.45) is 0. The van der Waals surface area contributed by atoms with Gasteiger partial charge in [-0.3, -0.25) is 9.59 Å². The number of nitrogens with one attached hydrogen (secondary N) is 1. The van der Waals surface area contributed by atoms with Crippen LogP contribution in [0.2, 0.25) is 0 Å². The minimum atomic E-state index is -0.828. The summed E-state index contributed by atoms with van der Waals surface area (Å²) in [5, 5.41) is 13.8. The van der Waals surface area contributed by atoms with Gasteiger partial charge in [-0.2, -0.15) is 0 Å². The lowest BCUT2D eigenvalue weighted by Gasteiger charge is -2.15. The normalized spacial score (nSPS) is 17.9. The molecule has 0 unspecified atom stereocenters. The van der Waals surface area contributed by atoms with Crippen LogP contribution in [0.25, 0.3) is 0 Å². The number of carbonyl (C=O) groups excluding carboxylic acids is 2. The Balaban J connectivity index is 2.65. The predicted octanol–water partition coefficient (Wildman–Crippen LogP) is 0.386. The van der Waals surface area contributed by atoms with Crippen LogP contribution in [0.1, 0.15) is 5.56 Å². The number of para-hydroxylation sites is 1. The minimum Gasteiger partial charge on any atom is -0.410 e. The summed E-state index contributed by atoms with van der Waals surface area (Å²) in [5.41, 5.74) is 0.689. The molecule has 1 heterocycles. The number of fused-ring (bicyclic) bond motifs is 1. The average Bonchev–Trinajstić information content (AvgIpc) is 2.20. The Kier molecular flexibility index (Phi) is 1.78. The molecule has 5 nitrogen and oxygen atoms in total. The van der Waals surface area contributed by atoms with E-state index in [1.165, 1.54) is 0 Å². The highest BCUT2D eigenvalue weighted by atomic mass is 16.4. The van der Waals surface area contributed by atoms with Gasteiger partial charge in [0.25, 0.3) is 11.7 Å². The van der Waals surface area contributed by atoms with Crippen LogP contribution in [-0.2, 0) is 9.59 Å². The van der Waals surface area contributed by atoms with Crippen LogP contribution in [-0.4, -0.2) is 22.6 Å². The highest BCUT2D eigenvalue weighted by Gasteiger charge is 2.30. The summed E-state index contributed by atoms with van der Waals surface area (Å²) in [7, 11) is 0. The van der Waals surface area contributed by atoms with Gasteiger partial charge < -0.3 is 10.5 Å². The Morgan fingerprint density at radius 2 is 1.93 bits per heavy atom. The third kappa shape index (κ3) is 1.06. The number of oxime groups is 1. The van der Waals surface area contributed by atoms with Gasteiger partial charge in [0, 0.05) is 5.56 Å². The molecule has 0 atom stereocenters. The maximum Gasteiger partial charge on any atom is 0.298 e. The smallest absolute Gasteiger partial charge is 0.298 e. The molecule has 0 saturated carbocycles. The molecule has 2 rings (SSSR count). The monoisotopic (exact) mass is 190 g/mol. The van der Waals surface area contributed by atoms with E-state index in [4.69, 9.17) is 5.21 Å². The molecule has 1 amide bonds. The highest BCUT2D eigenvalue weighted by Crippen LogP contribution is 2.20. The molecule has 0 aliphatic carbocycles. The van der Waals surface area contributed by atoms with Crippen molar-refractivity contribution in [3.63, 3.8) is 0 Å². The topological polar surface area (TPSA) is 78.8 Å². The van der Waals surface area contributed by atoms with E-state index < -0.39 is 11.7 Å². The van der Waals surface area contributed by atoms with Gasteiger partial charge in [-0.25, -0.2) is 0 Å². The number of anilines is 1. The molecule has 5 heteroatoms. The first kappa shape index (κ1) is 8.43. The lowest BCUT2D eigenvalue weighted by atomic mass is 10.00. The molecule has 2 N–H and O–H groups in total. The summed E-state index contributed by atoms with van der Waals surface area (Å²) in [6.45, 7) is 0. The largest absolute Gasteiger partial charge is 0.410 e. The predicted molar refractivity (Wildman–Crippen MR) is 48.4 cm³/mol. The van der Waals surface area contributed by atoms with E-state index >= 15 is 0 Å². The summed E-state index contributed by atoms with van der Waals surface area (Å²) >= 11 is 0. The minimum absolute atomic E-state index is 0.218. The van der Waals surface area contributed by atoms with Gasteiger partial charge in [-0.1, -0.05) is 23.4 Å². The number of nitrogens with zero attached hydrogens (tertiary/aromatic N) is 1. The second-order valence-corrected chi connectivity index (χ2v) is 2.78. The Bertz CT molecular complexity index is 451. The molecule has 1 aliphatic heterocycles. The number of Topliss-reactive ketones (excluding diaryl/α,β-unsaturated/α-hetero) is 1. The van der Waals surface area contributed by atoms with E-state index in [9.17, 15) is 9.59 Å². The van der Waals surface area contributed by atoms with Gasteiger partial charge in [0.15, 0.2) is 5.71 Å². The maximum absolute atomic E-state index is 11.2. The van der Waals surface area contributed by atoms with Gasteiger partial charge in [0.05, 0.1) is 5.69 Å². The van der Waals surface area contributed by atoms with Crippen molar-refractivity contribution in [3.05, 3.63) is 29.8 Å². The molecule has 0 radical (unpaired) electrons. The van der Waals surface area contributed by atoms with E-state index in [0.29, 0.717) is 11.3 Å². The third-order valence-corrected chi connectivity index (χ3v) is 1.95. The van der Waals surface area contributed by atoms with Crippen LogP contribution in [0, 0.1) is 0 Å². The number of hydrogen-bond acceptors (Lipinski definition) is 4. The van der Waals surface area contributed by atoms with Crippen molar-refractivity contribution in [2.45, 2.75) is 0 Å². The molecule has 1 aromatic carbocycles. The molecule has 0 spiro atoms. The van der Waals surface area contributed by atoms with E-state index in [-0.39, 0.29) is 5.71 Å². The molecule has 0 saturated heterocycles. The molecule has 70 valence electrons. The van der Waals surface area contributed by atoms with Gasteiger partial charge in [-0.05, 0) is 6.07 Å². The molecular formula is C9H6N2O3. The summed E-state index contributed by atoms with van der Waals surface area (Å²) in [5.74, 6) is -1.61. The maximum atomic E-state index is 11.2.